The van der Waals surface area contributed by atoms with Crippen molar-refractivity contribution in [3.05, 3.63) is 52.3 Å². The van der Waals surface area contributed by atoms with Crippen molar-refractivity contribution in [2.75, 3.05) is 5.73 Å². The third-order valence-electron chi connectivity index (χ3n) is 2.27. The average Bonchev–Trinajstić information content (AvgIpc) is 2.36. The first-order valence-electron chi connectivity index (χ1n) is 5.02. The quantitative estimate of drug-likeness (QED) is 0.858. The number of benzene rings is 2. The van der Waals surface area contributed by atoms with Gasteiger partial charge in [0, 0.05) is 17.8 Å². The molecule has 18 heavy (non-hydrogen) atoms. The number of nitrogens with zero attached hydrogens (tertiary/aromatic N) is 1. The third-order valence-corrected chi connectivity index (χ3v) is 2.92. The molecule has 0 atom stereocenters. The van der Waals surface area contributed by atoms with E-state index in [0.717, 1.165) is 0 Å². The lowest BCUT2D eigenvalue weighted by Gasteiger charge is -2.07. The van der Waals surface area contributed by atoms with Gasteiger partial charge in [0.15, 0.2) is 0 Å². The van der Waals surface area contributed by atoms with Gasteiger partial charge in [0.05, 0.1) is 10.0 Å². The van der Waals surface area contributed by atoms with Gasteiger partial charge in [-0.15, -0.1) is 0 Å². The Morgan fingerprint density at radius 3 is 2.50 bits per heavy atom. The minimum absolute atomic E-state index is 0.324. The number of ether oxygens (including phenoxy) is 1. The van der Waals surface area contributed by atoms with Crippen LogP contribution in [-0.2, 0) is 0 Å². The van der Waals surface area contributed by atoms with Gasteiger partial charge >= 0.3 is 0 Å². The van der Waals surface area contributed by atoms with Crippen molar-refractivity contribution >= 4 is 21.6 Å². The number of anilines is 1. The second-order valence-corrected chi connectivity index (χ2v) is 4.39. The maximum absolute atomic E-state index is 13.3. The van der Waals surface area contributed by atoms with Gasteiger partial charge in [-0.1, -0.05) is 0 Å². The average molecular weight is 307 g/mol. The molecule has 2 N–H and O–H groups in total. The van der Waals surface area contributed by atoms with Gasteiger partial charge in [-0.3, -0.25) is 0 Å². The zero-order valence-electron chi connectivity index (χ0n) is 9.15. The van der Waals surface area contributed by atoms with Crippen LogP contribution >= 0.6 is 15.9 Å². The highest BCUT2D eigenvalue weighted by molar-refractivity contribution is 9.10. The summed E-state index contributed by atoms with van der Waals surface area (Å²) in [6.07, 6.45) is 0. The van der Waals surface area contributed by atoms with Gasteiger partial charge < -0.3 is 10.5 Å². The Balaban J connectivity index is 2.29. The van der Waals surface area contributed by atoms with Crippen LogP contribution in [0, 0.1) is 17.1 Å². The SMILES string of the molecule is N#Cc1cc(Oc2ccc(Br)c(F)c2)ccc1N. The lowest BCUT2D eigenvalue weighted by Crippen LogP contribution is -1.92. The van der Waals surface area contributed by atoms with E-state index in [2.05, 4.69) is 15.9 Å². The van der Waals surface area contributed by atoms with Crippen molar-refractivity contribution in [1.82, 2.24) is 0 Å². The molecule has 0 aromatic heterocycles. The molecule has 0 radical (unpaired) electrons. The van der Waals surface area contributed by atoms with Crippen molar-refractivity contribution in [2.24, 2.45) is 0 Å². The van der Waals surface area contributed by atoms with Crippen molar-refractivity contribution in [3.8, 4) is 17.6 Å². The van der Waals surface area contributed by atoms with Crippen LogP contribution in [-0.4, -0.2) is 0 Å². The Morgan fingerprint density at radius 2 is 1.83 bits per heavy atom. The molecule has 0 aliphatic rings. The molecule has 0 bridgehead atoms. The summed E-state index contributed by atoms with van der Waals surface area (Å²) in [5.74, 6) is 0.371. The van der Waals surface area contributed by atoms with Crippen LogP contribution in [0.15, 0.2) is 40.9 Å². The molecule has 0 aliphatic heterocycles. The summed E-state index contributed by atoms with van der Waals surface area (Å²) in [6, 6.07) is 11.1. The lowest BCUT2D eigenvalue weighted by molar-refractivity contribution is 0.476. The number of hydrogen-bond acceptors (Lipinski definition) is 3. The highest BCUT2D eigenvalue weighted by Gasteiger charge is 2.05. The number of nitriles is 1. The fraction of sp³-hybridized carbons (Fsp3) is 0. The first-order chi connectivity index (χ1) is 8.60. The molecule has 0 amide bonds. The molecule has 0 saturated heterocycles. The van der Waals surface area contributed by atoms with Crippen LogP contribution in [0.25, 0.3) is 0 Å². The molecule has 2 rings (SSSR count). The first kappa shape index (κ1) is 12.4. The number of nitrogen functional groups attached to an aromatic ring is 1. The van der Waals surface area contributed by atoms with Crippen molar-refractivity contribution in [3.63, 3.8) is 0 Å². The fourth-order valence-electron chi connectivity index (χ4n) is 1.37. The van der Waals surface area contributed by atoms with Gasteiger partial charge in [-0.2, -0.15) is 5.26 Å². The molecule has 3 nitrogen and oxygen atoms in total. The first-order valence-corrected chi connectivity index (χ1v) is 5.82. The standard InChI is InChI=1S/C13H8BrFN2O/c14-11-3-1-10(6-12(11)15)18-9-2-4-13(17)8(5-9)7-16/h1-6H,17H2. The highest BCUT2D eigenvalue weighted by atomic mass is 79.9. The Kier molecular flexibility index (Phi) is 3.49. The number of halogens is 2. The van der Waals surface area contributed by atoms with Crippen LogP contribution in [0.4, 0.5) is 10.1 Å². The molecular weight excluding hydrogens is 299 g/mol. The topological polar surface area (TPSA) is 59.0 Å². The van der Waals surface area contributed by atoms with Gasteiger partial charge in [0.1, 0.15) is 23.4 Å². The summed E-state index contributed by atoms with van der Waals surface area (Å²) < 4.78 is 19.1. The minimum Gasteiger partial charge on any atom is -0.457 e. The summed E-state index contributed by atoms with van der Waals surface area (Å²) in [5, 5.41) is 8.84. The minimum atomic E-state index is -0.413. The number of nitrogens with two attached hydrogens (primary N) is 1. The molecule has 2 aromatic rings. The Bertz CT molecular complexity index is 637. The van der Waals surface area contributed by atoms with E-state index in [-0.39, 0.29) is 0 Å². The van der Waals surface area contributed by atoms with Gasteiger partial charge in [-0.25, -0.2) is 4.39 Å². The van der Waals surface area contributed by atoms with Crippen molar-refractivity contribution < 1.29 is 9.13 Å². The monoisotopic (exact) mass is 306 g/mol. The Hall–Kier alpha value is -2.06. The zero-order valence-corrected chi connectivity index (χ0v) is 10.7. The van der Waals surface area contributed by atoms with Gasteiger partial charge in [-0.05, 0) is 40.2 Å². The van der Waals surface area contributed by atoms with Gasteiger partial charge in [0.25, 0.3) is 0 Å². The molecule has 5 heteroatoms. The number of rotatable bonds is 2. The van der Waals surface area contributed by atoms with E-state index < -0.39 is 5.82 Å². The van der Waals surface area contributed by atoms with E-state index in [1.165, 1.54) is 12.1 Å². The molecule has 0 fully saturated rings. The highest BCUT2D eigenvalue weighted by Crippen LogP contribution is 2.27. The van der Waals surface area contributed by atoms with E-state index in [1.54, 1.807) is 24.3 Å². The predicted molar refractivity (Wildman–Crippen MR) is 69.7 cm³/mol. The third kappa shape index (κ3) is 2.60. The van der Waals surface area contributed by atoms with E-state index in [9.17, 15) is 4.39 Å². The summed E-state index contributed by atoms with van der Waals surface area (Å²) in [7, 11) is 0. The second kappa shape index (κ2) is 5.07. The maximum Gasteiger partial charge on any atom is 0.141 e. The van der Waals surface area contributed by atoms with E-state index in [4.69, 9.17) is 15.7 Å². The van der Waals surface area contributed by atoms with Crippen LogP contribution in [0.1, 0.15) is 5.56 Å². The predicted octanol–water partition coefficient (Wildman–Crippen LogP) is 3.83. The van der Waals surface area contributed by atoms with Crippen molar-refractivity contribution in [2.45, 2.75) is 0 Å². The summed E-state index contributed by atoms with van der Waals surface area (Å²) >= 11 is 3.06. The lowest BCUT2D eigenvalue weighted by atomic mass is 10.2. The van der Waals surface area contributed by atoms with E-state index >= 15 is 0 Å². The molecular formula is C13H8BrFN2O. The summed E-state index contributed by atoms with van der Waals surface area (Å²) in [5.41, 5.74) is 6.30. The number of hydrogen-bond donors (Lipinski definition) is 1. The molecule has 2 aromatic carbocycles. The molecule has 0 heterocycles. The summed E-state index contributed by atoms with van der Waals surface area (Å²) in [4.78, 5) is 0. The second-order valence-electron chi connectivity index (χ2n) is 3.54. The maximum atomic E-state index is 13.3. The zero-order chi connectivity index (χ0) is 13.1. The van der Waals surface area contributed by atoms with E-state index in [0.29, 0.717) is 27.2 Å². The molecule has 0 unspecified atom stereocenters. The van der Waals surface area contributed by atoms with Gasteiger partial charge in [0.2, 0.25) is 0 Å². The molecule has 90 valence electrons. The molecule has 0 spiro atoms. The Labute approximate surface area is 112 Å². The van der Waals surface area contributed by atoms with Crippen molar-refractivity contribution in [1.29, 1.82) is 5.26 Å². The van der Waals surface area contributed by atoms with Crippen LogP contribution in [0.5, 0.6) is 11.5 Å². The molecule has 0 saturated carbocycles. The van der Waals surface area contributed by atoms with Crippen LogP contribution < -0.4 is 10.5 Å². The Morgan fingerprint density at radius 1 is 1.17 bits per heavy atom. The van der Waals surface area contributed by atoms with Crippen LogP contribution in [0.2, 0.25) is 0 Å². The largest absolute Gasteiger partial charge is 0.457 e. The fourth-order valence-corrected chi connectivity index (χ4v) is 1.62. The van der Waals surface area contributed by atoms with E-state index in [1.807, 2.05) is 6.07 Å². The normalized spacial score (nSPS) is 9.83. The van der Waals surface area contributed by atoms with Crippen LogP contribution in [0.3, 0.4) is 0 Å². The smallest absolute Gasteiger partial charge is 0.141 e. The molecule has 0 aliphatic carbocycles. The summed E-state index contributed by atoms with van der Waals surface area (Å²) in [6.45, 7) is 0.